The van der Waals surface area contributed by atoms with E-state index in [0.717, 1.165) is 16.3 Å². The van der Waals surface area contributed by atoms with Crippen molar-refractivity contribution in [3.05, 3.63) is 107 Å². The van der Waals surface area contributed by atoms with Crippen molar-refractivity contribution in [2.45, 2.75) is 82.1 Å². The summed E-state index contributed by atoms with van der Waals surface area (Å²) in [5.74, 6) is -2.14. The number of carbonyl (C=O) groups excluding carboxylic acids is 5. The highest BCUT2D eigenvalue weighted by Crippen LogP contribution is 2.17. The van der Waals surface area contributed by atoms with Crippen molar-refractivity contribution in [2.75, 3.05) is 12.0 Å². The van der Waals surface area contributed by atoms with Gasteiger partial charge < -0.3 is 57.8 Å². The molecule has 3 aromatic carbocycles. The number of aromatic nitrogens is 1. The normalized spacial score (nSPS) is 12.6. The number of carbonyl (C=O) groups is 9. The van der Waals surface area contributed by atoms with E-state index in [1.54, 1.807) is 12.1 Å². The van der Waals surface area contributed by atoms with Gasteiger partial charge in [0.25, 0.3) is 11.8 Å². The predicted molar refractivity (Wildman–Crippen MR) is 236 cm³/mol. The van der Waals surface area contributed by atoms with Crippen LogP contribution in [0.2, 0.25) is 0 Å². The Morgan fingerprint density at radius 3 is 1.73 bits per heavy atom. The van der Waals surface area contributed by atoms with E-state index in [1.165, 1.54) is 30.5 Å². The largest absolute Gasteiger partial charge is 0.481 e. The van der Waals surface area contributed by atoms with Gasteiger partial charge in [-0.2, -0.15) is 0 Å². The topological polar surface area (TPSA) is 358 Å². The summed E-state index contributed by atoms with van der Waals surface area (Å²) < 4.78 is 0. The summed E-state index contributed by atoms with van der Waals surface area (Å²) in [7, 11) is 0. The Morgan fingerprint density at radius 1 is 0.561 bits per heavy atom. The molecule has 4 atom stereocenters. The Kier molecular flexibility index (Phi) is 19.3. The molecule has 1 heterocycles. The quantitative estimate of drug-likeness (QED) is 0.0241. The number of carboxylic acid groups (broad SMARTS) is 4. The number of hydrazine groups is 1. The van der Waals surface area contributed by atoms with Crippen LogP contribution in [-0.4, -0.2) is 110 Å². The summed E-state index contributed by atoms with van der Waals surface area (Å²) in [4.78, 5) is 115. The molecule has 6 amide bonds. The standard InChI is InChI=1S/C44H51N9O13/c45-53-35-17-14-30(24-47-35)39(59)49-31(15-18-36(54)55)40(60)48-23-25-8-12-28(13-9-25)38(58)50-34(22-26-10-11-27-5-1-2-6-29(27)21-26)41(61)46-20-4-3-7-32(42(62)63)51-44(66)52-33(43(64)65)16-19-37(56)57/h1-2,5-6,8-14,17,21,24,31-34H,3-4,7,15-16,18-20,22-23,45H2,(H,46,61)(H,47,53)(H,48,60)(H,49,59)(H,50,58)(H,54,55)(H,56,57)(H,62,63)(H,64,65)(H2,51,52,66). The molecule has 0 radical (unpaired) electrons. The fraction of sp³-hybridized carbons (Fsp3) is 0.318. The maximum atomic E-state index is 13.6. The van der Waals surface area contributed by atoms with Crippen LogP contribution in [0.1, 0.15) is 76.8 Å². The van der Waals surface area contributed by atoms with Gasteiger partial charge in [-0.05, 0) is 78.3 Å². The molecule has 1 aromatic heterocycles. The van der Waals surface area contributed by atoms with E-state index in [0.29, 0.717) is 11.4 Å². The van der Waals surface area contributed by atoms with Crippen LogP contribution in [0.5, 0.6) is 0 Å². The van der Waals surface area contributed by atoms with Gasteiger partial charge in [0.1, 0.15) is 30.0 Å². The first kappa shape index (κ1) is 50.5. The first-order chi connectivity index (χ1) is 31.5. The maximum Gasteiger partial charge on any atom is 0.326 e. The zero-order valence-electron chi connectivity index (χ0n) is 35.5. The number of nitrogens with zero attached hydrogens (tertiary/aromatic N) is 1. The van der Waals surface area contributed by atoms with Crippen molar-refractivity contribution in [2.24, 2.45) is 5.84 Å². The molecule has 22 heteroatoms. The molecule has 13 N–H and O–H groups in total. The molecular weight excluding hydrogens is 863 g/mol. The molecule has 0 aliphatic carbocycles. The van der Waals surface area contributed by atoms with E-state index in [2.05, 4.69) is 42.3 Å². The number of nitrogens with one attached hydrogen (secondary N) is 7. The monoisotopic (exact) mass is 913 g/mol. The Morgan fingerprint density at radius 2 is 1.12 bits per heavy atom. The number of amides is 6. The van der Waals surface area contributed by atoms with Crippen LogP contribution in [0.3, 0.4) is 0 Å². The van der Waals surface area contributed by atoms with Gasteiger partial charge in [0, 0.05) is 44.1 Å². The van der Waals surface area contributed by atoms with Crippen LogP contribution in [-0.2, 0) is 41.7 Å². The number of nitrogen functional groups attached to an aromatic ring is 1. The number of pyridine rings is 1. The van der Waals surface area contributed by atoms with E-state index in [9.17, 15) is 58.5 Å². The minimum atomic E-state index is -1.56. The molecule has 0 saturated carbocycles. The fourth-order valence-corrected chi connectivity index (χ4v) is 6.48. The van der Waals surface area contributed by atoms with Crippen molar-refractivity contribution in [3.63, 3.8) is 0 Å². The summed E-state index contributed by atoms with van der Waals surface area (Å²) in [6.45, 7) is 0.0255. The van der Waals surface area contributed by atoms with Crippen molar-refractivity contribution >= 4 is 70.1 Å². The molecule has 4 unspecified atom stereocenters. The first-order valence-corrected chi connectivity index (χ1v) is 20.7. The number of carboxylic acids is 4. The van der Waals surface area contributed by atoms with E-state index in [-0.39, 0.29) is 56.3 Å². The number of nitrogens with two attached hydrogens (primary N) is 1. The Bertz CT molecular complexity index is 2380. The van der Waals surface area contributed by atoms with Gasteiger partial charge in [0.2, 0.25) is 11.8 Å². The van der Waals surface area contributed by atoms with Gasteiger partial charge in [0.15, 0.2) is 0 Å². The van der Waals surface area contributed by atoms with Gasteiger partial charge in [-0.15, -0.1) is 0 Å². The van der Waals surface area contributed by atoms with Gasteiger partial charge in [-0.1, -0.05) is 54.6 Å². The third-order valence-electron chi connectivity index (χ3n) is 10.1. The highest BCUT2D eigenvalue weighted by molar-refractivity contribution is 5.98. The first-order valence-electron chi connectivity index (χ1n) is 20.7. The molecule has 350 valence electrons. The molecule has 0 aliphatic rings. The number of hydrogen-bond donors (Lipinski definition) is 12. The highest BCUT2D eigenvalue weighted by Gasteiger charge is 2.27. The van der Waals surface area contributed by atoms with Crippen LogP contribution in [0.15, 0.2) is 85.1 Å². The Labute approximate surface area is 377 Å². The summed E-state index contributed by atoms with van der Waals surface area (Å²) >= 11 is 0. The second-order valence-electron chi connectivity index (χ2n) is 15.0. The number of anilines is 1. The Balaban J connectivity index is 1.36. The molecular formula is C44H51N9O13. The average molecular weight is 914 g/mol. The maximum absolute atomic E-state index is 13.6. The second-order valence-corrected chi connectivity index (χ2v) is 15.0. The molecule has 4 rings (SSSR count). The third-order valence-corrected chi connectivity index (χ3v) is 10.1. The van der Waals surface area contributed by atoms with E-state index in [1.807, 2.05) is 42.5 Å². The Hall–Kier alpha value is -8.14. The zero-order chi connectivity index (χ0) is 48.2. The molecule has 0 aliphatic heterocycles. The number of unbranched alkanes of at least 4 members (excludes halogenated alkanes) is 1. The zero-order valence-corrected chi connectivity index (χ0v) is 35.5. The van der Waals surface area contributed by atoms with E-state index >= 15 is 0 Å². The summed E-state index contributed by atoms with van der Waals surface area (Å²) in [5.41, 5.74) is 3.94. The predicted octanol–water partition coefficient (Wildman–Crippen LogP) is 1.50. The second kappa shape index (κ2) is 25.2. The van der Waals surface area contributed by atoms with Gasteiger partial charge in [0.05, 0.1) is 5.56 Å². The summed E-state index contributed by atoms with van der Waals surface area (Å²) in [6, 6.07) is 15.9. The van der Waals surface area contributed by atoms with Crippen molar-refractivity contribution in [1.82, 2.24) is 36.9 Å². The van der Waals surface area contributed by atoms with Crippen LogP contribution >= 0.6 is 0 Å². The number of urea groups is 1. The van der Waals surface area contributed by atoms with Gasteiger partial charge >= 0.3 is 29.9 Å². The lowest BCUT2D eigenvalue weighted by Crippen LogP contribution is -2.51. The molecule has 0 bridgehead atoms. The number of fused-ring (bicyclic) bond motifs is 1. The number of aliphatic carboxylic acids is 4. The molecule has 4 aromatic rings. The number of benzene rings is 3. The lowest BCUT2D eigenvalue weighted by atomic mass is 10.0. The lowest BCUT2D eigenvalue weighted by Gasteiger charge is -2.20. The van der Waals surface area contributed by atoms with Crippen LogP contribution < -0.4 is 43.2 Å². The van der Waals surface area contributed by atoms with E-state index < -0.39 is 97.0 Å². The molecule has 0 fully saturated rings. The molecule has 0 saturated heterocycles. The lowest BCUT2D eigenvalue weighted by molar-refractivity contribution is -0.141. The average Bonchev–Trinajstić information content (AvgIpc) is 3.29. The van der Waals surface area contributed by atoms with Crippen molar-refractivity contribution in [1.29, 1.82) is 0 Å². The smallest absolute Gasteiger partial charge is 0.326 e. The fourth-order valence-electron chi connectivity index (χ4n) is 6.48. The van der Waals surface area contributed by atoms with Crippen molar-refractivity contribution in [3.8, 4) is 0 Å². The van der Waals surface area contributed by atoms with Crippen molar-refractivity contribution < 1.29 is 63.6 Å². The SMILES string of the molecule is NNc1ccc(C(=O)NC(CCC(=O)O)C(=O)NCc2ccc(C(=O)NC(Cc3ccc4ccccc4c3)C(=O)NCCCCC(NC(=O)NC(CCC(=O)O)C(=O)O)C(=O)O)cc2)cn1. The number of hydrogen-bond acceptors (Lipinski definition) is 12. The van der Waals surface area contributed by atoms with Gasteiger partial charge in [-0.3, -0.25) is 28.8 Å². The van der Waals surface area contributed by atoms with Crippen LogP contribution in [0.25, 0.3) is 10.8 Å². The van der Waals surface area contributed by atoms with E-state index in [4.69, 9.17) is 10.9 Å². The highest BCUT2D eigenvalue weighted by atomic mass is 16.4. The van der Waals surface area contributed by atoms with Crippen LogP contribution in [0.4, 0.5) is 10.6 Å². The number of rotatable bonds is 26. The summed E-state index contributed by atoms with van der Waals surface area (Å²) in [6.07, 6.45) is 0.152. The third kappa shape index (κ3) is 16.5. The minimum Gasteiger partial charge on any atom is -0.481 e. The van der Waals surface area contributed by atoms with Gasteiger partial charge in [-0.25, -0.2) is 25.2 Å². The summed E-state index contributed by atoms with van der Waals surface area (Å²) in [5, 5.41) is 53.8. The minimum absolute atomic E-state index is 0.0398. The molecule has 66 heavy (non-hydrogen) atoms. The molecule has 0 spiro atoms. The van der Waals surface area contributed by atoms with Crippen LogP contribution in [0, 0.1) is 0 Å². The molecule has 22 nitrogen and oxygen atoms in total.